The van der Waals surface area contributed by atoms with Gasteiger partial charge in [-0.1, -0.05) is 63.5 Å². The number of aliphatic hydroxyl groups is 1. The van der Waals surface area contributed by atoms with E-state index in [0.29, 0.717) is 0 Å². The summed E-state index contributed by atoms with van der Waals surface area (Å²) >= 11 is 3.48. The van der Waals surface area contributed by atoms with Crippen molar-refractivity contribution in [2.24, 2.45) is 0 Å². The monoisotopic (exact) mass is 290 g/mol. The van der Waals surface area contributed by atoms with E-state index in [9.17, 15) is 5.11 Å². The summed E-state index contributed by atoms with van der Waals surface area (Å²) < 4.78 is 0.941. The van der Waals surface area contributed by atoms with Crippen LogP contribution in [0.4, 0.5) is 0 Å². The molecule has 0 aliphatic carbocycles. The third-order valence-electron chi connectivity index (χ3n) is 2.84. The van der Waals surface area contributed by atoms with Crippen LogP contribution in [0, 0.1) is 13.8 Å². The van der Waals surface area contributed by atoms with Crippen molar-refractivity contribution in [2.75, 3.05) is 0 Å². The van der Waals surface area contributed by atoms with Crippen molar-refractivity contribution >= 4 is 15.9 Å². The molecule has 1 unspecified atom stereocenters. The molecule has 0 radical (unpaired) electrons. The van der Waals surface area contributed by atoms with Gasteiger partial charge in [0.25, 0.3) is 0 Å². The van der Waals surface area contributed by atoms with E-state index in [-0.39, 0.29) is 0 Å². The van der Waals surface area contributed by atoms with Crippen LogP contribution in [-0.4, -0.2) is 5.11 Å². The minimum absolute atomic E-state index is 0.579. The van der Waals surface area contributed by atoms with Gasteiger partial charge in [0.05, 0.1) is 0 Å². The van der Waals surface area contributed by atoms with Crippen LogP contribution in [-0.2, 0) is 0 Å². The lowest BCUT2D eigenvalue weighted by molar-refractivity contribution is 0.219. The summed E-state index contributed by atoms with van der Waals surface area (Å²) in [7, 11) is 0. The summed E-state index contributed by atoms with van der Waals surface area (Å²) in [5, 5.41) is 10.4. The van der Waals surface area contributed by atoms with Gasteiger partial charge in [-0.3, -0.25) is 0 Å². The quantitative estimate of drug-likeness (QED) is 0.881. The molecular formula is C15H15BrO. The lowest BCUT2D eigenvalue weighted by atomic mass is 9.99. The SMILES string of the molecule is Cc1ccc(C(O)c2cc(C)ccc2Br)cc1. The highest BCUT2D eigenvalue weighted by atomic mass is 79.9. The zero-order valence-electron chi connectivity index (χ0n) is 9.94. The van der Waals surface area contributed by atoms with Crippen LogP contribution in [0.3, 0.4) is 0 Å². The van der Waals surface area contributed by atoms with Crippen LogP contribution >= 0.6 is 15.9 Å². The van der Waals surface area contributed by atoms with Gasteiger partial charge in [0.1, 0.15) is 6.10 Å². The summed E-state index contributed by atoms with van der Waals surface area (Å²) in [4.78, 5) is 0. The Labute approximate surface area is 110 Å². The zero-order valence-corrected chi connectivity index (χ0v) is 11.5. The Morgan fingerprint density at radius 2 is 1.53 bits per heavy atom. The average molecular weight is 291 g/mol. The van der Waals surface area contributed by atoms with Gasteiger partial charge in [-0.05, 0) is 31.0 Å². The molecule has 0 fully saturated rings. The Balaban J connectivity index is 2.39. The molecule has 2 rings (SSSR count). The lowest BCUT2D eigenvalue weighted by Gasteiger charge is -2.14. The van der Waals surface area contributed by atoms with Crippen molar-refractivity contribution in [3.05, 3.63) is 69.2 Å². The second kappa shape index (κ2) is 5.03. The van der Waals surface area contributed by atoms with Gasteiger partial charge in [-0.25, -0.2) is 0 Å². The molecule has 0 spiro atoms. The largest absolute Gasteiger partial charge is 0.384 e. The van der Waals surface area contributed by atoms with Crippen molar-refractivity contribution < 1.29 is 5.11 Å². The third kappa shape index (κ3) is 2.76. The minimum atomic E-state index is -0.579. The highest BCUT2D eigenvalue weighted by Crippen LogP contribution is 2.29. The summed E-state index contributed by atoms with van der Waals surface area (Å²) in [6, 6.07) is 14.0. The molecule has 0 saturated heterocycles. The van der Waals surface area contributed by atoms with E-state index in [1.54, 1.807) is 0 Å². The maximum absolute atomic E-state index is 10.4. The predicted molar refractivity (Wildman–Crippen MR) is 74.1 cm³/mol. The maximum Gasteiger partial charge on any atom is 0.105 e. The van der Waals surface area contributed by atoms with E-state index in [4.69, 9.17) is 0 Å². The van der Waals surface area contributed by atoms with Crippen molar-refractivity contribution in [3.8, 4) is 0 Å². The summed E-state index contributed by atoms with van der Waals surface area (Å²) in [5.74, 6) is 0. The standard InChI is InChI=1S/C15H15BrO/c1-10-3-6-12(7-4-10)15(17)13-9-11(2)5-8-14(13)16/h3-9,15,17H,1-2H3. The molecule has 2 aromatic carbocycles. The van der Waals surface area contributed by atoms with Crippen LogP contribution in [0.5, 0.6) is 0 Å². The molecule has 0 aliphatic rings. The molecule has 0 amide bonds. The van der Waals surface area contributed by atoms with Crippen LogP contribution < -0.4 is 0 Å². The minimum Gasteiger partial charge on any atom is -0.384 e. The van der Waals surface area contributed by atoms with Crippen LogP contribution in [0.2, 0.25) is 0 Å². The molecule has 0 heterocycles. The van der Waals surface area contributed by atoms with Gasteiger partial charge >= 0.3 is 0 Å². The van der Waals surface area contributed by atoms with Gasteiger partial charge in [-0.2, -0.15) is 0 Å². The van der Waals surface area contributed by atoms with E-state index in [2.05, 4.69) is 15.9 Å². The van der Waals surface area contributed by atoms with Gasteiger partial charge in [0.2, 0.25) is 0 Å². The molecule has 0 aromatic heterocycles. The molecule has 17 heavy (non-hydrogen) atoms. The smallest absolute Gasteiger partial charge is 0.105 e. The molecular weight excluding hydrogens is 276 g/mol. The second-order valence-electron chi connectivity index (χ2n) is 4.34. The molecule has 0 saturated carbocycles. The van der Waals surface area contributed by atoms with Gasteiger partial charge in [0, 0.05) is 4.47 Å². The molecule has 2 aromatic rings. The maximum atomic E-state index is 10.4. The van der Waals surface area contributed by atoms with E-state index >= 15 is 0 Å². The topological polar surface area (TPSA) is 20.2 Å². The Kier molecular flexibility index (Phi) is 3.65. The molecule has 0 aliphatic heterocycles. The Morgan fingerprint density at radius 3 is 2.18 bits per heavy atom. The fourth-order valence-corrected chi connectivity index (χ4v) is 2.26. The molecule has 0 bridgehead atoms. The van der Waals surface area contributed by atoms with E-state index in [1.807, 2.05) is 56.3 Å². The van der Waals surface area contributed by atoms with Crippen molar-refractivity contribution in [1.29, 1.82) is 0 Å². The normalized spacial score (nSPS) is 12.5. The van der Waals surface area contributed by atoms with E-state index in [1.165, 1.54) is 5.56 Å². The number of aliphatic hydroxyl groups excluding tert-OH is 1. The summed E-state index contributed by atoms with van der Waals surface area (Å²) in [6.45, 7) is 4.07. The second-order valence-corrected chi connectivity index (χ2v) is 5.19. The highest BCUT2D eigenvalue weighted by Gasteiger charge is 2.13. The number of hydrogen-bond acceptors (Lipinski definition) is 1. The van der Waals surface area contributed by atoms with Crippen LogP contribution in [0.25, 0.3) is 0 Å². The first-order chi connectivity index (χ1) is 8.08. The molecule has 2 heteroatoms. The highest BCUT2D eigenvalue weighted by molar-refractivity contribution is 9.10. The Hall–Kier alpha value is -1.12. The van der Waals surface area contributed by atoms with Crippen LogP contribution in [0.1, 0.15) is 28.4 Å². The number of aryl methyl sites for hydroxylation is 2. The van der Waals surface area contributed by atoms with Gasteiger partial charge in [-0.15, -0.1) is 0 Å². The number of hydrogen-bond donors (Lipinski definition) is 1. The van der Waals surface area contributed by atoms with Gasteiger partial charge < -0.3 is 5.11 Å². The fourth-order valence-electron chi connectivity index (χ4n) is 1.80. The molecule has 1 N–H and O–H groups in total. The molecule has 1 atom stereocenters. The lowest BCUT2D eigenvalue weighted by Crippen LogP contribution is -2.01. The van der Waals surface area contributed by atoms with Crippen LogP contribution in [0.15, 0.2) is 46.9 Å². The number of rotatable bonds is 2. The summed E-state index contributed by atoms with van der Waals surface area (Å²) in [6.07, 6.45) is -0.579. The Bertz CT molecular complexity index is 517. The first-order valence-corrected chi connectivity index (χ1v) is 6.38. The molecule has 88 valence electrons. The van der Waals surface area contributed by atoms with Gasteiger partial charge in [0.15, 0.2) is 0 Å². The Morgan fingerprint density at radius 1 is 0.941 bits per heavy atom. The first kappa shape index (κ1) is 12.3. The number of halogens is 1. The zero-order chi connectivity index (χ0) is 12.4. The van der Waals surface area contributed by atoms with E-state index in [0.717, 1.165) is 21.2 Å². The fraction of sp³-hybridized carbons (Fsp3) is 0.200. The van der Waals surface area contributed by atoms with Crippen molar-refractivity contribution in [2.45, 2.75) is 20.0 Å². The molecule has 1 nitrogen and oxygen atoms in total. The first-order valence-electron chi connectivity index (χ1n) is 5.58. The van der Waals surface area contributed by atoms with Crippen molar-refractivity contribution in [1.82, 2.24) is 0 Å². The van der Waals surface area contributed by atoms with E-state index < -0.39 is 6.10 Å². The average Bonchev–Trinajstić information content (AvgIpc) is 2.32. The number of benzene rings is 2. The predicted octanol–water partition coefficient (Wildman–Crippen LogP) is 4.15. The third-order valence-corrected chi connectivity index (χ3v) is 3.56. The summed E-state index contributed by atoms with van der Waals surface area (Å²) in [5.41, 5.74) is 4.18. The van der Waals surface area contributed by atoms with Crippen molar-refractivity contribution in [3.63, 3.8) is 0 Å².